The Morgan fingerprint density at radius 3 is 2.30 bits per heavy atom. The molecule has 0 fully saturated rings. The van der Waals surface area contributed by atoms with Gasteiger partial charge in [-0.3, -0.25) is 25.8 Å². The molecule has 10 heteroatoms. The van der Waals surface area contributed by atoms with Crippen molar-refractivity contribution in [2.24, 2.45) is 0 Å². The van der Waals surface area contributed by atoms with Gasteiger partial charge in [0.2, 0.25) is 0 Å². The molecule has 2 amide bonds. The minimum absolute atomic E-state index is 0.0792. The number of hydrazine groups is 1. The number of amides is 2. The lowest BCUT2D eigenvalue weighted by molar-refractivity contribution is -0.123. The second-order valence-electron chi connectivity index (χ2n) is 5.76. The largest absolute Gasteiger partial charge is 0.497 e. The Balaban J connectivity index is 1.77. The molecule has 0 saturated heterocycles. The van der Waals surface area contributed by atoms with Crippen LogP contribution in [0.3, 0.4) is 0 Å². The first-order valence-electron chi connectivity index (χ1n) is 8.91. The van der Waals surface area contributed by atoms with Gasteiger partial charge in [-0.1, -0.05) is 12.1 Å². The number of nitrogens with one attached hydrogen (secondary N) is 3. The van der Waals surface area contributed by atoms with Crippen molar-refractivity contribution in [2.45, 2.75) is 0 Å². The minimum atomic E-state index is -0.482. The molecular formula is C20H23N3O6S. The van der Waals surface area contributed by atoms with Gasteiger partial charge in [0.1, 0.15) is 23.9 Å². The van der Waals surface area contributed by atoms with E-state index in [0.717, 1.165) is 0 Å². The Morgan fingerprint density at radius 1 is 0.900 bits per heavy atom. The van der Waals surface area contributed by atoms with Crippen LogP contribution in [0, 0.1) is 0 Å². The highest BCUT2D eigenvalue weighted by Crippen LogP contribution is 2.18. The van der Waals surface area contributed by atoms with Gasteiger partial charge in [-0.05, 0) is 48.6 Å². The molecule has 0 heterocycles. The number of hydrogen-bond acceptors (Lipinski definition) is 7. The van der Waals surface area contributed by atoms with Gasteiger partial charge >= 0.3 is 0 Å². The standard InChI is InChI=1S/C20H23N3O6S/c1-26-11-12-28-17-6-4-3-5-16(17)19(25)21-20(30)23-22-18(24)13-29-15-9-7-14(27-2)8-10-15/h3-10H,11-13H2,1-2H3,(H,22,24)(H2,21,23,25,30). The fraction of sp³-hybridized carbons (Fsp3) is 0.250. The number of carbonyl (C=O) groups excluding carboxylic acids is 2. The number of carbonyl (C=O) groups is 2. The highest BCUT2D eigenvalue weighted by molar-refractivity contribution is 7.80. The predicted molar refractivity (Wildman–Crippen MR) is 114 cm³/mol. The van der Waals surface area contributed by atoms with Gasteiger partial charge in [0, 0.05) is 7.11 Å². The second-order valence-corrected chi connectivity index (χ2v) is 6.17. The normalized spacial score (nSPS) is 9.93. The van der Waals surface area contributed by atoms with Crippen molar-refractivity contribution in [3.05, 3.63) is 54.1 Å². The molecule has 2 aromatic rings. The summed E-state index contributed by atoms with van der Waals surface area (Å²) in [6.45, 7) is 0.445. The maximum atomic E-state index is 12.4. The van der Waals surface area contributed by atoms with E-state index in [1.165, 1.54) is 0 Å². The first-order valence-corrected chi connectivity index (χ1v) is 9.32. The Labute approximate surface area is 179 Å². The zero-order valence-electron chi connectivity index (χ0n) is 16.6. The van der Waals surface area contributed by atoms with Crippen LogP contribution in [-0.2, 0) is 9.53 Å². The van der Waals surface area contributed by atoms with E-state index < -0.39 is 11.8 Å². The smallest absolute Gasteiger partial charge is 0.276 e. The average molecular weight is 433 g/mol. The van der Waals surface area contributed by atoms with E-state index in [2.05, 4.69) is 16.2 Å². The Hall–Kier alpha value is -3.37. The van der Waals surface area contributed by atoms with Crippen LogP contribution >= 0.6 is 12.2 Å². The quantitative estimate of drug-likeness (QED) is 0.310. The van der Waals surface area contributed by atoms with E-state index in [9.17, 15) is 9.59 Å². The van der Waals surface area contributed by atoms with Gasteiger partial charge in [0.15, 0.2) is 11.7 Å². The van der Waals surface area contributed by atoms with E-state index in [-0.39, 0.29) is 11.7 Å². The summed E-state index contributed by atoms with van der Waals surface area (Å²) in [5, 5.41) is 2.39. The molecule has 0 bridgehead atoms. The number of para-hydroxylation sites is 1. The highest BCUT2D eigenvalue weighted by atomic mass is 32.1. The monoisotopic (exact) mass is 433 g/mol. The number of rotatable bonds is 9. The van der Waals surface area contributed by atoms with Crippen molar-refractivity contribution in [1.29, 1.82) is 0 Å². The van der Waals surface area contributed by atoms with Crippen LogP contribution in [0.1, 0.15) is 10.4 Å². The van der Waals surface area contributed by atoms with Crippen molar-refractivity contribution in [3.8, 4) is 17.2 Å². The second kappa shape index (κ2) is 12.2. The lowest BCUT2D eigenvalue weighted by Gasteiger charge is -2.13. The van der Waals surface area contributed by atoms with E-state index in [0.29, 0.717) is 36.0 Å². The van der Waals surface area contributed by atoms with Gasteiger partial charge in [-0.15, -0.1) is 0 Å². The molecule has 0 aliphatic carbocycles. The van der Waals surface area contributed by atoms with Gasteiger partial charge in [0.05, 0.1) is 19.3 Å². The summed E-state index contributed by atoms with van der Waals surface area (Å²) in [5.74, 6) is 0.619. The molecule has 3 N–H and O–H groups in total. The van der Waals surface area contributed by atoms with Crippen molar-refractivity contribution < 1.29 is 28.5 Å². The number of methoxy groups -OCH3 is 2. The third-order valence-electron chi connectivity index (χ3n) is 3.65. The summed E-state index contributed by atoms with van der Waals surface area (Å²) in [6, 6.07) is 13.5. The summed E-state index contributed by atoms with van der Waals surface area (Å²) >= 11 is 5.03. The SMILES string of the molecule is COCCOc1ccccc1C(=O)NC(=S)NNC(=O)COc1ccc(OC)cc1. The third kappa shape index (κ3) is 7.57. The predicted octanol–water partition coefficient (Wildman–Crippen LogP) is 1.43. The summed E-state index contributed by atoms with van der Waals surface area (Å²) < 4.78 is 20.8. The minimum Gasteiger partial charge on any atom is -0.497 e. The zero-order chi connectivity index (χ0) is 21.8. The Morgan fingerprint density at radius 2 is 1.60 bits per heavy atom. The van der Waals surface area contributed by atoms with Crippen molar-refractivity contribution >= 4 is 29.1 Å². The molecule has 30 heavy (non-hydrogen) atoms. The van der Waals surface area contributed by atoms with E-state index in [1.807, 2.05) is 0 Å². The summed E-state index contributed by atoms with van der Waals surface area (Å²) in [6.07, 6.45) is 0. The first-order chi connectivity index (χ1) is 14.5. The Bertz CT molecular complexity index is 860. The van der Waals surface area contributed by atoms with Crippen LogP contribution in [0.15, 0.2) is 48.5 Å². The van der Waals surface area contributed by atoms with Crippen LogP contribution in [-0.4, -0.2) is 51.0 Å². The molecule has 0 aliphatic heterocycles. The summed E-state index contributed by atoms with van der Waals surface area (Å²) in [7, 11) is 3.12. The maximum absolute atomic E-state index is 12.4. The van der Waals surface area contributed by atoms with Gasteiger partial charge in [0.25, 0.3) is 11.8 Å². The van der Waals surface area contributed by atoms with Crippen LogP contribution < -0.4 is 30.4 Å². The fourth-order valence-electron chi connectivity index (χ4n) is 2.20. The molecule has 0 spiro atoms. The molecule has 9 nitrogen and oxygen atoms in total. The highest BCUT2D eigenvalue weighted by Gasteiger charge is 2.14. The molecule has 0 aromatic heterocycles. The third-order valence-corrected chi connectivity index (χ3v) is 3.85. The van der Waals surface area contributed by atoms with Gasteiger partial charge in [-0.2, -0.15) is 0 Å². The maximum Gasteiger partial charge on any atom is 0.276 e. The van der Waals surface area contributed by atoms with E-state index in [4.69, 9.17) is 31.2 Å². The molecule has 0 saturated carbocycles. The topological polar surface area (TPSA) is 107 Å². The van der Waals surface area contributed by atoms with Crippen molar-refractivity contribution in [2.75, 3.05) is 34.0 Å². The van der Waals surface area contributed by atoms with Crippen LogP contribution in [0.4, 0.5) is 0 Å². The Kier molecular flexibility index (Phi) is 9.35. The molecule has 0 unspecified atom stereocenters. The molecular weight excluding hydrogens is 410 g/mol. The average Bonchev–Trinajstić information content (AvgIpc) is 2.77. The lowest BCUT2D eigenvalue weighted by Crippen LogP contribution is -2.49. The van der Waals surface area contributed by atoms with Crippen LogP contribution in [0.5, 0.6) is 17.2 Å². The summed E-state index contributed by atoms with van der Waals surface area (Å²) in [5.41, 5.74) is 5.09. The molecule has 0 aliphatic rings. The van der Waals surface area contributed by atoms with Crippen LogP contribution in [0.25, 0.3) is 0 Å². The fourth-order valence-corrected chi connectivity index (χ4v) is 2.34. The zero-order valence-corrected chi connectivity index (χ0v) is 17.4. The molecule has 0 radical (unpaired) electrons. The number of thiocarbonyl (C=S) groups is 1. The van der Waals surface area contributed by atoms with Gasteiger partial charge in [-0.25, -0.2) is 0 Å². The number of hydrogen-bond donors (Lipinski definition) is 3. The molecule has 2 aromatic carbocycles. The number of ether oxygens (including phenoxy) is 4. The van der Waals surface area contributed by atoms with Crippen molar-refractivity contribution in [3.63, 3.8) is 0 Å². The first kappa shape index (κ1) is 22.9. The summed E-state index contributed by atoms with van der Waals surface area (Å²) in [4.78, 5) is 24.3. The van der Waals surface area contributed by atoms with Crippen molar-refractivity contribution in [1.82, 2.24) is 16.2 Å². The van der Waals surface area contributed by atoms with E-state index >= 15 is 0 Å². The molecule has 160 valence electrons. The molecule has 2 rings (SSSR count). The van der Waals surface area contributed by atoms with Crippen LogP contribution in [0.2, 0.25) is 0 Å². The van der Waals surface area contributed by atoms with Gasteiger partial charge < -0.3 is 18.9 Å². The lowest BCUT2D eigenvalue weighted by atomic mass is 10.2. The number of benzene rings is 2. The molecule has 0 atom stereocenters. The van der Waals surface area contributed by atoms with E-state index in [1.54, 1.807) is 62.8 Å².